The Hall–Kier alpha value is -3.22. The minimum atomic E-state index is -0.586. The van der Waals surface area contributed by atoms with Gasteiger partial charge < -0.3 is 10.1 Å². The highest BCUT2D eigenvalue weighted by Gasteiger charge is 2.14. The van der Waals surface area contributed by atoms with E-state index in [1.807, 2.05) is 24.3 Å². The molecule has 0 radical (unpaired) electrons. The number of azo groups is 1. The summed E-state index contributed by atoms with van der Waals surface area (Å²) in [4.78, 5) is 21.5. The Labute approximate surface area is 182 Å². The number of non-ortho nitro benzene ring substituents is 1. The SMILES string of the molecule is N#CCOC(=O)CCNc1ccc(CCN=Nc2c(Cl)cc([N+](=O)[O-])cc2Cl)cc1. The molecule has 11 heteroatoms. The fourth-order valence-electron chi connectivity index (χ4n) is 2.34. The van der Waals surface area contributed by atoms with Crippen LogP contribution in [0.25, 0.3) is 0 Å². The van der Waals surface area contributed by atoms with E-state index in [2.05, 4.69) is 20.3 Å². The molecule has 0 heterocycles. The molecule has 0 aromatic heterocycles. The second-order valence-electron chi connectivity index (χ2n) is 5.92. The van der Waals surface area contributed by atoms with Gasteiger partial charge in [-0.1, -0.05) is 35.3 Å². The van der Waals surface area contributed by atoms with E-state index >= 15 is 0 Å². The maximum atomic E-state index is 11.3. The van der Waals surface area contributed by atoms with Crippen LogP contribution in [-0.2, 0) is 16.0 Å². The second kappa shape index (κ2) is 11.7. The van der Waals surface area contributed by atoms with Crippen molar-refractivity contribution in [3.8, 4) is 6.07 Å². The van der Waals surface area contributed by atoms with E-state index in [1.165, 1.54) is 12.1 Å². The van der Waals surface area contributed by atoms with Crippen molar-refractivity contribution in [1.29, 1.82) is 5.26 Å². The quantitative estimate of drug-likeness (QED) is 0.232. The second-order valence-corrected chi connectivity index (χ2v) is 6.74. The predicted molar refractivity (Wildman–Crippen MR) is 112 cm³/mol. The Morgan fingerprint density at radius 1 is 1.23 bits per heavy atom. The summed E-state index contributed by atoms with van der Waals surface area (Å²) in [5.74, 6) is -0.431. The normalized spacial score (nSPS) is 10.6. The summed E-state index contributed by atoms with van der Waals surface area (Å²) in [5.41, 5.74) is 1.85. The summed E-state index contributed by atoms with van der Waals surface area (Å²) < 4.78 is 4.66. The van der Waals surface area contributed by atoms with E-state index in [0.717, 1.165) is 11.3 Å². The zero-order valence-electron chi connectivity index (χ0n) is 15.7. The minimum Gasteiger partial charge on any atom is -0.450 e. The van der Waals surface area contributed by atoms with E-state index in [4.69, 9.17) is 28.5 Å². The van der Waals surface area contributed by atoms with Crippen molar-refractivity contribution in [2.45, 2.75) is 12.8 Å². The lowest BCUT2D eigenvalue weighted by molar-refractivity contribution is -0.384. The van der Waals surface area contributed by atoms with Crippen molar-refractivity contribution in [2.24, 2.45) is 10.2 Å². The largest absolute Gasteiger partial charge is 0.450 e. The third-order valence-electron chi connectivity index (χ3n) is 3.79. The van der Waals surface area contributed by atoms with Gasteiger partial charge in [0.2, 0.25) is 0 Å². The van der Waals surface area contributed by atoms with E-state index in [0.29, 0.717) is 19.5 Å². The van der Waals surface area contributed by atoms with Gasteiger partial charge in [-0.3, -0.25) is 14.9 Å². The maximum Gasteiger partial charge on any atom is 0.308 e. The average molecular weight is 450 g/mol. The summed E-state index contributed by atoms with van der Waals surface area (Å²) in [5, 5.41) is 30.4. The Morgan fingerprint density at radius 2 is 1.90 bits per heavy atom. The van der Waals surface area contributed by atoms with Gasteiger partial charge in [0.15, 0.2) is 6.61 Å². The van der Waals surface area contributed by atoms with E-state index in [9.17, 15) is 14.9 Å². The molecule has 0 saturated heterocycles. The summed E-state index contributed by atoms with van der Waals surface area (Å²) in [6.45, 7) is 0.531. The van der Waals surface area contributed by atoms with Crippen LogP contribution in [0.2, 0.25) is 10.0 Å². The number of ether oxygens (including phenoxy) is 1. The topological polar surface area (TPSA) is 130 Å². The maximum absolute atomic E-state index is 11.3. The van der Waals surface area contributed by atoms with Gasteiger partial charge in [0.25, 0.3) is 5.69 Å². The summed E-state index contributed by atoms with van der Waals surface area (Å²) in [6, 6.07) is 11.7. The van der Waals surface area contributed by atoms with Crippen LogP contribution >= 0.6 is 23.2 Å². The minimum absolute atomic E-state index is 0.0601. The predicted octanol–water partition coefficient (Wildman–Crippen LogP) is 5.10. The van der Waals surface area contributed by atoms with Gasteiger partial charge in [0.05, 0.1) is 27.9 Å². The molecule has 0 fully saturated rings. The zero-order valence-corrected chi connectivity index (χ0v) is 17.2. The van der Waals surface area contributed by atoms with Crippen LogP contribution in [0.4, 0.5) is 17.1 Å². The highest BCUT2D eigenvalue weighted by molar-refractivity contribution is 6.39. The van der Waals surface area contributed by atoms with Gasteiger partial charge in [-0.15, -0.1) is 0 Å². The van der Waals surface area contributed by atoms with E-state index in [1.54, 1.807) is 6.07 Å². The molecule has 30 heavy (non-hydrogen) atoms. The van der Waals surface area contributed by atoms with Gasteiger partial charge in [-0.25, -0.2) is 0 Å². The van der Waals surface area contributed by atoms with Crippen molar-refractivity contribution < 1.29 is 14.5 Å². The van der Waals surface area contributed by atoms with Gasteiger partial charge >= 0.3 is 5.97 Å². The molecule has 0 bridgehead atoms. The lowest BCUT2D eigenvalue weighted by atomic mass is 10.1. The number of nitriles is 1. The van der Waals surface area contributed by atoms with E-state index < -0.39 is 10.9 Å². The van der Waals surface area contributed by atoms with Crippen molar-refractivity contribution in [3.05, 3.63) is 62.1 Å². The number of anilines is 1. The first-order valence-electron chi connectivity index (χ1n) is 8.77. The molecule has 0 saturated carbocycles. The summed E-state index contributed by atoms with van der Waals surface area (Å²) in [6.07, 6.45) is 0.782. The third kappa shape index (κ3) is 7.31. The van der Waals surface area contributed by atoms with Crippen LogP contribution in [0, 0.1) is 21.4 Å². The first-order chi connectivity index (χ1) is 14.4. The number of carbonyl (C=O) groups excluding carboxylic acids is 1. The number of carbonyl (C=O) groups is 1. The number of halogens is 2. The van der Waals surface area contributed by atoms with Crippen LogP contribution in [-0.4, -0.2) is 30.6 Å². The molecule has 0 aliphatic carbocycles. The zero-order chi connectivity index (χ0) is 21.9. The monoisotopic (exact) mass is 449 g/mol. The van der Waals surface area contributed by atoms with Gasteiger partial charge in [0.1, 0.15) is 11.8 Å². The molecular formula is C19H17Cl2N5O4. The molecule has 0 unspecified atom stereocenters. The van der Waals surface area contributed by atoms with Gasteiger partial charge in [-0.2, -0.15) is 15.5 Å². The Kier molecular flexibility index (Phi) is 9.00. The fraction of sp³-hybridized carbons (Fsp3) is 0.263. The first-order valence-corrected chi connectivity index (χ1v) is 9.52. The molecule has 2 aromatic carbocycles. The number of nitro benzene ring substituents is 1. The molecule has 0 aliphatic heterocycles. The molecule has 0 amide bonds. The summed E-state index contributed by atoms with van der Waals surface area (Å²) >= 11 is 12.0. The standard InChI is InChI=1S/C19H17Cl2N5O4/c20-16-11-15(26(28)29)12-17(21)19(16)25-24-9-5-13-1-3-14(4-2-13)23-8-6-18(27)30-10-7-22/h1-4,11-12,23H,5-6,8-10H2. The molecule has 1 N–H and O–H groups in total. The number of benzene rings is 2. The molecule has 0 aliphatic rings. The molecule has 9 nitrogen and oxygen atoms in total. The van der Waals surface area contributed by atoms with Crippen molar-refractivity contribution in [1.82, 2.24) is 0 Å². The first kappa shape index (κ1) is 23.1. The number of hydrogen-bond acceptors (Lipinski definition) is 8. The highest BCUT2D eigenvalue weighted by Crippen LogP contribution is 2.37. The van der Waals surface area contributed by atoms with Crippen molar-refractivity contribution in [2.75, 3.05) is 25.0 Å². The number of nitrogens with one attached hydrogen (secondary N) is 1. The highest BCUT2D eigenvalue weighted by atomic mass is 35.5. The Balaban J connectivity index is 1.81. The number of hydrogen-bond donors (Lipinski definition) is 1. The molecule has 0 atom stereocenters. The van der Waals surface area contributed by atoms with Crippen LogP contribution < -0.4 is 5.32 Å². The van der Waals surface area contributed by atoms with Crippen molar-refractivity contribution >= 4 is 46.2 Å². The van der Waals surface area contributed by atoms with Crippen LogP contribution in [0.3, 0.4) is 0 Å². The smallest absolute Gasteiger partial charge is 0.308 e. The Morgan fingerprint density at radius 3 is 2.50 bits per heavy atom. The fourth-order valence-corrected chi connectivity index (χ4v) is 2.89. The molecule has 156 valence electrons. The Bertz CT molecular complexity index is 951. The number of esters is 1. The number of nitro groups is 1. The molecule has 2 rings (SSSR count). The molecular weight excluding hydrogens is 433 g/mol. The van der Waals surface area contributed by atoms with Crippen molar-refractivity contribution in [3.63, 3.8) is 0 Å². The van der Waals surface area contributed by atoms with Crippen LogP contribution in [0.15, 0.2) is 46.6 Å². The number of rotatable bonds is 10. The van der Waals surface area contributed by atoms with Gasteiger partial charge in [0, 0.05) is 24.4 Å². The lowest BCUT2D eigenvalue weighted by Gasteiger charge is -2.07. The third-order valence-corrected chi connectivity index (χ3v) is 4.37. The summed E-state index contributed by atoms with van der Waals surface area (Å²) in [7, 11) is 0. The van der Waals surface area contributed by atoms with Crippen LogP contribution in [0.5, 0.6) is 0 Å². The van der Waals surface area contributed by atoms with Crippen LogP contribution in [0.1, 0.15) is 12.0 Å². The lowest BCUT2D eigenvalue weighted by Crippen LogP contribution is -2.11. The van der Waals surface area contributed by atoms with E-state index in [-0.39, 0.29) is 34.4 Å². The van der Waals surface area contributed by atoms with Gasteiger partial charge in [-0.05, 0) is 24.1 Å². The average Bonchev–Trinajstić information content (AvgIpc) is 2.72. The molecule has 0 spiro atoms. The number of nitrogens with zero attached hydrogens (tertiary/aromatic N) is 4. The molecule has 2 aromatic rings.